The van der Waals surface area contributed by atoms with Crippen LogP contribution in [0, 0.1) is 11.3 Å². The van der Waals surface area contributed by atoms with Crippen molar-refractivity contribution in [1.29, 1.82) is 5.26 Å². The van der Waals surface area contributed by atoms with Gasteiger partial charge in [0.25, 0.3) is 0 Å². The van der Waals surface area contributed by atoms with E-state index in [1.165, 1.54) is 6.33 Å². The summed E-state index contributed by atoms with van der Waals surface area (Å²) in [5.74, 6) is 0.795. The average Bonchev–Trinajstić information content (AvgIpc) is 2.86. The molecular formula is C26H32N6O4. The first-order valence-electron chi connectivity index (χ1n) is 12.1. The molecule has 2 aromatic rings. The zero-order valence-electron chi connectivity index (χ0n) is 21.0. The van der Waals surface area contributed by atoms with Crippen molar-refractivity contribution in [3.05, 3.63) is 53.5 Å². The second-order valence-electron chi connectivity index (χ2n) is 9.97. The molecule has 0 saturated carbocycles. The van der Waals surface area contributed by atoms with E-state index in [9.17, 15) is 14.9 Å². The van der Waals surface area contributed by atoms with Crippen LogP contribution in [0.2, 0.25) is 0 Å². The van der Waals surface area contributed by atoms with Crippen molar-refractivity contribution in [1.82, 2.24) is 19.8 Å². The Morgan fingerprint density at radius 2 is 1.89 bits per heavy atom. The summed E-state index contributed by atoms with van der Waals surface area (Å²) in [7, 11) is 0. The summed E-state index contributed by atoms with van der Waals surface area (Å²) >= 11 is 0. The minimum Gasteiger partial charge on any atom is -0.445 e. The highest BCUT2D eigenvalue weighted by Crippen LogP contribution is 2.29. The third kappa shape index (κ3) is 6.03. The number of anilines is 1. The second kappa shape index (κ2) is 10.8. The molecule has 0 unspecified atom stereocenters. The Kier molecular flexibility index (Phi) is 7.58. The molecule has 1 aromatic heterocycles. The lowest BCUT2D eigenvalue weighted by Crippen LogP contribution is -2.55. The Morgan fingerprint density at radius 1 is 1.11 bits per heavy atom. The summed E-state index contributed by atoms with van der Waals surface area (Å²) in [5, 5.41) is 9.41. The van der Waals surface area contributed by atoms with Crippen LogP contribution < -0.4 is 4.90 Å². The van der Waals surface area contributed by atoms with Crippen molar-refractivity contribution in [3.63, 3.8) is 0 Å². The largest absolute Gasteiger partial charge is 0.445 e. The van der Waals surface area contributed by atoms with Crippen molar-refractivity contribution < 1.29 is 19.1 Å². The van der Waals surface area contributed by atoms with Gasteiger partial charge in [0.1, 0.15) is 24.4 Å². The van der Waals surface area contributed by atoms with E-state index in [4.69, 9.17) is 9.47 Å². The molecule has 2 aliphatic rings. The number of ether oxygens (including phenoxy) is 2. The summed E-state index contributed by atoms with van der Waals surface area (Å²) in [6.07, 6.45) is 1.53. The average molecular weight is 493 g/mol. The Bertz CT molecular complexity index is 1130. The van der Waals surface area contributed by atoms with Gasteiger partial charge < -0.3 is 24.2 Å². The van der Waals surface area contributed by atoms with E-state index >= 15 is 0 Å². The number of piperazine rings is 1. The number of benzene rings is 1. The molecule has 3 heterocycles. The lowest BCUT2D eigenvalue weighted by atomic mass is 10.0. The van der Waals surface area contributed by atoms with Gasteiger partial charge in [-0.25, -0.2) is 19.6 Å². The fourth-order valence-corrected chi connectivity index (χ4v) is 4.46. The molecule has 1 aromatic carbocycles. The van der Waals surface area contributed by atoms with Crippen LogP contribution in [-0.4, -0.2) is 69.8 Å². The fourth-order valence-electron chi connectivity index (χ4n) is 4.46. The maximum atomic E-state index is 12.8. The molecule has 1 fully saturated rings. The van der Waals surface area contributed by atoms with E-state index in [1.807, 2.05) is 51.1 Å². The van der Waals surface area contributed by atoms with Gasteiger partial charge in [-0.1, -0.05) is 30.3 Å². The number of carbonyl (C=O) groups excluding carboxylic acids is 2. The number of nitriles is 1. The zero-order chi connectivity index (χ0) is 25.7. The third-order valence-electron chi connectivity index (χ3n) is 6.18. The molecule has 10 heteroatoms. The normalized spacial score (nSPS) is 17.7. The van der Waals surface area contributed by atoms with Crippen molar-refractivity contribution >= 4 is 18.0 Å². The van der Waals surface area contributed by atoms with E-state index in [2.05, 4.69) is 20.9 Å². The van der Waals surface area contributed by atoms with E-state index in [-0.39, 0.29) is 25.2 Å². The molecule has 0 spiro atoms. The van der Waals surface area contributed by atoms with E-state index in [0.29, 0.717) is 39.1 Å². The zero-order valence-corrected chi connectivity index (χ0v) is 21.0. The summed E-state index contributed by atoms with van der Waals surface area (Å²) in [6.45, 7) is 8.03. The first-order valence-corrected chi connectivity index (χ1v) is 12.1. The van der Waals surface area contributed by atoms with Crippen LogP contribution in [-0.2, 0) is 29.0 Å². The summed E-state index contributed by atoms with van der Waals surface area (Å²) < 4.78 is 11.0. The van der Waals surface area contributed by atoms with Gasteiger partial charge in [-0.2, -0.15) is 5.26 Å². The van der Waals surface area contributed by atoms with Crippen LogP contribution in [0.4, 0.5) is 15.4 Å². The fraction of sp³-hybridized carbons (Fsp3) is 0.500. The van der Waals surface area contributed by atoms with E-state index in [1.54, 1.807) is 9.80 Å². The molecule has 2 amide bonds. The van der Waals surface area contributed by atoms with Crippen molar-refractivity contribution in [2.24, 2.45) is 0 Å². The SMILES string of the molecule is CC(C)(C)OC(=O)N1CCc2c(ncnc2N2CCN(C(=O)OCc3ccccc3)[C@@H](CC#N)C2)C1. The molecule has 0 aliphatic carbocycles. The van der Waals surface area contributed by atoms with Crippen LogP contribution in [0.5, 0.6) is 0 Å². The Labute approximate surface area is 211 Å². The van der Waals surface area contributed by atoms with Gasteiger partial charge in [0.2, 0.25) is 0 Å². The predicted molar refractivity (Wildman–Crippen MR) is 132 cm³/mol. The van der Waals surface area contributed by atoms with Gasteiger partial charge in [0.15, 0.2) is 0 Å². The first-order chi connectivity index (χ1) is 17.2. The topological polar surface area (TPSA) is 112 Å². The van der Waals surface area contributed by atoms with Gasteiger partial charge in [-0.15, -0.1) is 0 Å². The van der Waals surface area contributed by atoms with Crippen LogP contribution in [0.3, 0.4) is 0 Å². The molecule has 10 nitrogen and oxygen atoms in total. The van der Waals surface area contributed by atoms with E-state index < -0.39 is 11.7 Å². The smallest absolute Gasteiger partial charge is 0.410 e. The van der Waals surface area contributed by atoms with Crippen LogP contribution in [0.15, 0.2) is 36.7 Å². The standard InChI is InChI=1S/C26H32N6O4/c1-26(2,3)36-24(33)31-12-10-21-22(16-31)28-18-29-23(21)30-13-14-32(20(15-30)9-11-27)25(34)35-17-19-7-5-4-6-8-19/h4-8,18,20H,9-10,12-17H2,1-3H3/t20-/m0/s1. The summed E-state index contributed by atoms with van der Waals surface area (Å²) in [4.78, 5) is 39.7. The maximum Gasteiger partial charge on any atom is 0.410 e. The number of rotatable bonds is 4. The minimum atomic E-state index is -0.564. The maximum absolute atomic E-state index is 12.8. The van der Waals surface area contributed by atoms with Crippen LogP contribution in [0.25, 0.3) is 0 Å². The highest BCUT2D eigenvalue weighted by atomic mass is 16.6. The summed E-state index contributed by atoms with van der Waals surface area (Å²) in [6, 6.07) is 11.4. The van der Waals surface area contributed by atoms with Crippen molar-refractivity contribution in [2.45, 2.75) is 58.4 Å². The number of hydrogen-bond acceptors (Lipinski definition) is 8. The van der Waals surface area contributed by atoms with Gasteiger partial charge in [0.05, 0.1) is 30.8 Å². The van der Waals surface area contributed by atoms with Gasteiger partial charge in [-0.05, 0) is 32.8 Å². The summed E-state index contributed by atoms with van der Waals surface area (Å²) in [5.41, 5.74) is 2.13. The molecule has 2 aliphatic heterocycles. The van der Waals surface area contributed by atoms with Gasteiger partial charge >= 0.3 is 12.2 Å². The molecule has 0 bridgehead atoms. The van der Waals surface area contributed by atoms with Crippen molar-refractivity contribution in [2.75, 3.05) is 31.1 Å². The lowest BCUT2D eigenvalue weighted by Gasteiger charge is -2.41. The molecule has 1 atom stereocenters. The van der Waals surface area contributed by atoms with Crippen molar-refractivity contribution in [3.8, 4) is 6.07 Å². The number of amides is 2. The number of carbonyl (C=O) groups is 2. The molecule has 190 valence electrons. The second-order valence-corrected chi connectivity index (χ2v) is 9.97. The quantitative estimate of drug-likeness (QED) is 0.637. The molecule has 4 rings (SSSR count). The van der Waals surface area contributed by atoms with E-state index in [0.717, 1.165) is 22.6 Å². The number of fused-ring (bicyclic) bond motifs is 1. The molecular weight excluding hydrogens is 460 g/mol. The molecule has 0 N–H and O–H groups in total. The highest BCUT2D eigenvalue weighted by molar-refractivity contribution is 5.70. The Balaban J connectivity index is 1.43. The minimum absolute atomic E-state index is 0.187. The number of aromatic nitrogens is 2. The number of nitrogens with zero attached hydrogens (tertiary/aromatic N) is 6. The first kappa shape index (κ1) is 25.2. The van der Waals surface area contributed by atoms with Gasteiger partial charge in [0, 0.05) is 31.7 Å². The third-order valence-corrected chi connectivity index (χ3v) is 6.18. The molecule has 0 radical (unpaired) electrons. The Hall–Kier alpha value is -3.87. The lowest BCUT2D eigenvalue weighted by molar-refractivity contribution is 0.0220. The highest BCUT2D eigenvalue weighted by Gasteiger charge is 2.34. The van der Waals surface area contributed by atoms with Crippen LogP contribution in [0.1, 0.15) is 44.0 Å². The van der Waals surface area contributed by atoms with Gasteiger partial charge in [-0.3, -0.25) is 0 Å². The van der Waals surface area contributed by atoms with Crippen LogP contribution >= 0.6 is 0 Å². The number of hydrogen-bond donors (Lipinski definition) is 0. The monoisotopic (exact) mass is 492 g/mol. The molecule has 1 saturated heterocycles. The molecule has 36 heavy (non-hydrogen) atoms. The Morgan fingerprint density at radius 3 is 2.61 bits per heavy atom. The predicted octanol–water partition coefficient (Wildman–Crippen LogP) is 3.51.